The third-order valence-electron chi connectivity index (χ3n) is 2.69. The zero-order valence-electron chi connectivity index (χ0n) is 10.9. The third-order valence-corrected chi connectivity index (χ3v) is 2.69. The summed E-state index contributed by atoms with van der Waals surface area (Å²) in [6.45, 7) is 4.18. The van der Waals surface area contributed by atoms with Gasteiger partial charge in [-0.3, -0.25) is 0 Å². The van der Waals surface area contributed by atoms with E-state index in [9.17, 15) is 0 Å². The predicted octanol–water partition coefficient (Wildman–Crippen LogP) is 3.91. The fraction of sp³-hybridized carbons (Fsp3) is 0.250. The van der Waals surface area contributed by atoms with Gasteiger partial charge in [0.2, 0.25) is 0 Å². The highest BCUT2D eigenvalue weighted by Gasteiger charge is 1.87. The standard InChI is InChI=1S/2C8H10O/c2*1-2-7-3-5-8(9)6-4-7/h2*3-6,9H,2H2,1H3. The predicted molar refractivity (Wildman–Crippen MR) is 75.0 cm³/mol. The topological polar surface area (TPSA) is 40.5 Å². The molecule has 0 fully saturated rings. The van der Waals surface area contributed by atoms with Crippen LogP contribution in [0.5, 0.6) is 11.5 Å². The first-order valence-electron chi connectivity index (χ1n) is 6.21. The van der Waals surface area contributed by atoms with Crippen LogP contribution >= 0.6 is 0 Å². The number of hydrogen-bond donors (Lipinski definition) is 2. The molecular formula is C16H20O2. The van der Waals surface area contributed by atoms with Gasteiger partial charge in [0.15, 0.2) is 0 Å². The molecule has 0 atom stereocenters. The molecule has 0 saturated carbocycles. The second-order valence-corrected chi connectivity index (χ2v) is 4.04. The Morgan fingerprint density at radius 2 is 0.889 bits per heavy atom. The molecular weight excluding hydrogens is 224 g/mol. The van der Waals surface area contributed by atoms with Gasteiger partial charge in [-0.05, 0) is 48.2 Å². The Hall–Kier alpha value is -1.96. The van der Waals surface area contributed by atoms with Crippen LogP contribution in [0, 0.1) is 0 Å². The van der Waals surface area contributed by atoms with Gasteiger partial charge in [-0.2, -0.15) is 0 Å². The molecule has 0 aliphatic carbocycles. The van der Waals surface area contributed by atoms with Crippen molar-refractivity contribution in [2.45, 2.75) is 26.7 Å². The molecule has 0 radical (unpaired) electrons. The van der Waals surface area contributed by atoms with Gasteiger partial charge in [0.25, 0.3) is 0 Å². The quantitative estimate of drug-likeness (QED) is 0.840. The average molecular weight is 244 g/mol. The summed E-state index contributed by atoms with van der Waals surface area (Å²) in [6, 6.07) is 14.5. The Kier molecular flexibility index (Phi) is 5.78. The molecule has 0 spiro atoms. The molecule has 2 aromatic rings. The summed E-state index contributed by atoms with van der Waals surface area (Å²) in [5, 5.41) is 17.7. The second kappa shape index (κ2) is 7.38. The Labute approximate surface area is 109 Å². The van der Waals surface area contributed by atoms with Crippen molar-refractivity contribution in [3.63, 3.8) is 0 Å². The lowest BCUT2D eigenvalue weighted by Crippen LogP contribution is -1.75. The van der Waals surface area contributed by atoms with E-state index in [1.165, 1.54) is 11.1 Å². The van der Waals surface area contributed by atoms with Crippen LogP contribution in [0.1, 0.15) is 25.0 Å². The molecule has 0 aliphatic rings. The fourth-order valence-electron chi connectivity index (χ4n) is 1.46. The minimum atomic E-state index is 0.340. The number of benzene rings is 2. The molecule has 0 heterocycles. The summed E-state index contributed by atoms with van der Waals surface area (Å²) < 4.78 is 0. The van der Waals surface area contributed by atoms with Gasteiger partial charge in [-0.25, -0.2) is 0 Å². The summed E-state index contributed by atoms with van der Waals surface area (Å²) in [7, 11) is 0. The van der Waals surface area contributed by atoms with Gasteiger partial charge < -0.3 is 10.2 Å². The lowest BCUT2D eigenvalue weighted by atomic mass is 10.2. The first-order valence-corrected chi connectivity index (χ1v) is 6.21. The summed E-state index contributed by atoms with van der Waals surface area (Å²) in [6.07, 6.45) is 2.06. The lowest BCUT2D eigenvalue weighted by Gasteiger charge is -1.93. The van der Waals surface area contributed by atoms with Gasteiger partial charge in [-0.15, -0.1) is 0 Å². The molecule has 0 aliphatic heterocycles. The SMILES string of the molecule is CCc1ccc(O)cc1.CCc1ccc(O)cc1. The zero-order valence-corrected chi connectivity index (χ0v) is 10.9. The van der Waals surface area contributed by atoms with Crippen molar-refractivity contribution in [3.05, 3.63) is 59.7 Å². The number of phenols is 2. The molecule has 0 amide bonds. The van der Waals surface area contributed by atoms with Crippen LogP contribution in [0.3, 0.4) is 0 Å². The Balaban J connectivity index is 0.000000180. The normalized spacial score (nSPS) is 9.44. The van der Waals surface area contributed by atoms with Crippen LogP contribution in [0.4, 0.5) is 0 Å². The number of aromatic hydroxyl groups is 2. The maximum Gasteiger partial charge on any atom is 0.115 e. The van der Waals surface area contributed by atoms with E-state index in [-0.39, 0.29) is 0 Å². The molecule has 2 nitrogen and oxygen atoms in total. The summed E-state index contributed by atoms with van der Waals surface area (Å²) in [5.74, 6) is 0.680. The minimum Gasteiger partial charge on any atom is -0.508 e. The maximum atomic E-state index is 8.85. The molecule has 2 N–H and O–H groups in total. The minimum absolute atomic E-state index is 0.340. The first kappa shape index (κ1) is 14.1. The average Bonchev–Trinajstić information content (AvgIpc) is 2.41. The van der Waals surface area contributed by atoms with E-state index in [0.717, 1.165) is 12.8 Å². The first-order chi connectivity index (χ1) is 8.65. The van der Waals surface area contributed by atoms with Gasteiger partial charge in [0, 0.05) is 0 Å². The van der Waals surface area contributed by atoms with Crippen molar-refractivity contribution in [1.29, 1.82) is 0 Å². The van der Waals surface area contributed by atoms with E-state index >= 15 is 0 Å². The van der Waals surface area contributed by atoms with Gasteiger partial charge >= 0.3 is 0 Å². The molecule has 2 aromatic carbocycles. The molecule has 18 heavy (non-hydrogen) atoms. The van der Waals surface area contributed by atoms with Crippen molar-refractivity contribution >= 4 is 0 Å². The summed E-state index contributed by atoms with van der Waals surface area (Å²) >= 11 is 0. The van der Waals surface area contributed by atoms with Crippen LogP contribution in [0.2, 0.25) is 0 Å². The number of hydrogen-bond acceptors (Lipinski definition) is 2. The van der Waals surface area contributed by atoms with Gasteiger partial charge in [0.05, 0.1) is 0 Å². The molecule has 0 unspecified atom stereocenters. The van der Waals surface area contributed by atoms with E-state index in [1.807, 2.05) is 24.3 Å². The molecule has 96 valence electrons. The Morgan fingerprint density at radius 1 is 0.611 bits per heavy atom. The fourth-order valence-corrected chi connectivity index (χ4v) is 1.46. The highest BCUT2D eigenvalue weighted by atomic mass is 16.3. The van der Waals surface area contributed by atoms with E-state index in [2.05, 4.69) is 13.8 Å². The van der Waals surface area contributed by atoms with Crippen molar-refractivity contribution in [2.24, 2.45) is 0 Å². The number of rotatable bonds is 2. The Morgan fingerprint density at radius 3 is 1.11 bits per heavy atom. The monoisotopic (exact) mass is 244 g/mol. The van der Waals surface area contributed by atoms with Gasteiger partial charge in [-0.1, -0.05) is 38.1 Å². The lowest BCUT2D eigenvalue weighted by molar-refractivity contribution is 0.474. The highest BCUT2D eigenvalue weighted by molar-refractivity contribution is 5.26. The highest BCUT2D eigenvalue weighted by Crippen LogP contribution is 2.09. The van der Waals surface area contributed by atoms with Crippen molar-refractivity contribution in [1.82, 2.24) is 0 Å². The molecule has 0 bridgehead atoms. The van der Waals surface area contributed by atoms with E-state index in [1.54, 1.807) is 24.3 Å². The molecule has 2 heteroatoms. The largest absolute Gasteiger partial charge is 0.508 e. The second-order valence-electron chi connectivity index (χ2n) is 4.04. The summed E-state index contributed by atoms with van der Waals surface area (Å²) in [4.78, 5) is 0. The van der Waals surface area contributed by atoms with E-state index in [0.29, 0.717) is 11.5 Å². The van der Waals surface area contributed by atoms with E-state index in [4.69, 9.17) is 10.2 Å². The van der Waals surface area contributed by atoms with Crippen LogP contribution in [-0.2, 0) is 12.8 Å². The third kappa shape index (κ3) is 4.91. The van der Waals surface area contributed by atoms with Crippen LogP contribution in [-0.4, -0.2) is 10.2 Å². The van der Waals surface area contributed by atoms with Crippen molar-refractivity contribution in [3.8, 4) is 11.5 Å². The van der Waals surface area contributed by atoms with Crippen LogP contribution in [0.15, 0.2) is 48.5 Å². The van der Waals surface area contributed by atoms with Crippen LogP contribution < -0.4 is 0 Å². The van der Waals surface area contributed by atoms with Gasteiger partial charge in [0.1, 0.15) is 11.5 Å². The maximum absolute atomic E-state index is 8.85. The Bertz CT molecular complexity index is 398. The van der Waals surface area contributed by atoms with Crippen molar-refractivity contribution < 1.29 is 10.2 Å². The van der Waals surface area contributed by atoms with E-state index < -0.39 is 0 Å². The molecule has 2 rings (SSSR count). The molecule has 0 aromatic heterocycles. The zero-order chi connectivity index (χ0) is 13.4. The smallest absolute Gasteiger partial charge is 0.115 e. The van der Waals surface area contributed by atoms with Crippen molar-refractivity contribution in [2.75, 3.05) is 0 Å². The van der Waals surface area contributed by atoms with Crippen LogP contribution in [0.25, 0.3) is 0 Å². The summed E-state index contributed by atoms with van der Waals surface area (Å²) in [5.41, 5.74) is 2.51. The molecule has 0 saturated heterocycles. The number of phenolic OH excluding ortho intramolecular Hbond substituents is 2. The number of aryl methyl sites for hydroxylation is 2.